The SMILES string of the molecule is C/C=C/CC(CCCc1ccccc1)CC(Sc1ccccc1)Sc1ccccc1. The number of rotatable bonds is 12. The Bertz CT molecular complexity index is 802. The van der Waals surface area contributed by atoms with Gasteiger partial charge in [-0.05, 0) is 74.8 Å². The lowest BCUT2D eigenvalue weighted by Crippen LogP contribution is -2.09. The van der Waals surface area contributed by atoms with Crippen LogP contribution in [0, 0.1) is 5.92 Å². The maximum absolute atomic E-state index is 2.35. The van der Waals surface area contributed by atoms with Crippen LogP contribution < -0.4 is 0 Å². The molecular formula is C28H32S2. The third kappa shape index (κ3) is 8.45. The first kappa shape index (κ1) is 22.8. The Balaban J connectivity index is 1.64. The molecule has 30 heavy (non-hydrogen) atoms. The number of hydrogen-bond acceptors (Lipinski definition) is 2. The van der Waals surface area contributed by atoms with E-state index in [1.54, 1.807) is 0 Å². The maximum Gasteiger partial charge on any atom is 0.0599 e. The van der Waals surface area contributed by atoms with E-state index in [9.17, 15) is 0 Å². The molecule has 0 aliphatic rings. The van der Waals surface area contributed by atoms with Gasteiger partial charge < -0.3 is 0 Å². The van der Waals surface area contributed by atoms with Crippen LogP contribution in [-0.2, 0) is 6.42 Å². The van der Waals surface area contributed by atoms with Gasteiger partial charge in [0.25, 0.3) is 0 Å². The molecular weight excluding hydrogens is 400 g/mol. The third-order valence-electron chi connectivity index (χ3n) is 5.17. The lowest BCUT2D eigenvalue weighted by Gasteiger charge is -2.23. The van der Waals surface area contributed by atoms with Crippen molar-refractivity contribution < 1.29 is 0 Å². The van der Waals surface area contributed by atoms with Crippen LogP contribution in [0.25, 0.3) is 0 Å². The summed E-state index contributed by atoms with van der Waals surface area (Å²) >= 11 is 4.03. The lowest BCUT2D eigenvalue weighted by atomic mass is 9.94. The molecule has 3 aromatic rings. The van der Waals surface area contributed by atoms with Gasteiger partial charge in [-0.2, -0.15) is 0 Å². The fourth-order valence-electron chi connectivity index (χ4n) is 3.59. The van der Waals surface area contributed by atoms with Gasteiger partial charge >= 0.3 is 0 Å². The van der Waals surface area contributed by atoms with Gasteiger partial charge in [0.15, 0.2) is 0 Å². The summed E-state index contributed by atoms with van der Waals surface area (Å²) in [7, 11) is 0. The molecule has 3 aromatic carbocycles. The summed E-state index contributed by atoms with van der Waals surface area (Å²) in [5.41, 5.74) is 1.45. The molecule has 156 valence electrons. The molecule has 0 aliphatic heterocycles. The standard InChI is InChI=1S/C28H32S2/c1-2-3-14-25(18-13-17-24-15-7-4-8-16-24)23-28(29-26-19-9-5-10-20-26)30-27-21-11-6-12-22-27/h2-12,15-16,19-22,25,28H,13-14,17-18,23H2,1H3/b3-2+. The van der Waals surface area contributed by atoms with E-state index in [0.29, 0.717) is 10.5 Å². The molecule has 3 rings (SSSR count). The van der Waals surface area contributed by atoms with Crippen molar-refractivity contribution in [3.8, 4) is 0 Å². The van der Waals surface area contributed by atoms with E-state index >= 15 is 0 Å². The zero-order valence-corrected chi connectivity index (χ0v) is 19.5. The highest BCUT2D eigenvalue weighted by Crippen LogP contribution is 2.40. The molecule has 0 saturated heterocycles. The Kier molecular flexibility index (Phi) is 10.2. The number of hydrogen-bond donors (Lipinski definition) is 0. The summed E-state index contributed by atoms with van der Waals surface area (Å²) in [5.74, 6) is 0.710. The molecule has 0 radical (unpaired) electrons. The van der Waals surface area contributed by atoms with Crippen molar-refractivity contribution in [2.24, 2.45) is 5.92 Å². The molecule has 0 amide bonds. The van der Waals surface area contributed by atoms with Gasteiger partial charge in [0.05, 0.1) is 4.58 Å². The van der Waals surface area contributed by atoms with E-state index in [1.807, 2.05) is 23.5 Å². The second-order valence-corrected chi connectivity index (χ2v) is 10.4. The van der Waals surface area contributed by atoms with Crippen molar-refractivity contribution >= 4 is 23.5 Å². The zero-order chi connectivity index (χ0) is 20.9. The minimum absolute atomic E-state index is 0.516. The average molecular weight is 433 g/mol. The molecule has 0 aromatic heterocycles. The first-order valence-electron chi connectivity index (χ1n) is 10.9. The Morgan fingerprint density at radius 2 is 1.27 bits per heavy atom. The first-order valence-corrected chi connectivity index (χ1v) is 12.7. The predicted molar refractivity (Wildman–Crippen MR) is 135 cm³/mol. The fourth-order valence-corrected chi connectivity index (χ4v) is 6.43. The maximum atomic E-state index is 2.35. The molecule has 1 atom stereocenters. The van der Waals surface area contributed by atoms with Crippen molar-refractivity contribution in [3.63, 3.8) is 0 Å². The van der Waals surface area contributed by atoms with Gasteiger partial charge in [0, 0.05) is 9.79 Å². The second kappa shape index (κ2) is 13.4. The van der Waals surface area contributed by atoms with E-state index in [0.717, 1.165) is 0 Å². The van der Waals surface area contributed by atoms with Crippen LogP contribution in [0.3, 0.4) is 0 Å². The Morgan fingerprint density at radius 3 is 1.80 bits per heavy atom. The summed E-state index contributed by atoms with van der Waals surface area (Å²) < 4.78 is 0.516. The van der Waals surface area contributed by atoms with Crippen LogP contribution in [0.4, 0.5) is 0 Å². The second-order valence-electron chi connectivity index (χ2n) is 7.58. The highest BCUT2D eigenvalue weighted by Gasteiger charge is 2.18. The van der Waals surface area contributed by atoms with Crippen LogP contribution >= 0.6 is 23.5 Å². The largest absolute Gasteiger partial charge is 0.111 e. The third-order valence-corrected chi connectivity index (χ3v) is 7.75. The van der Waals surface area contributed by atoms with Crippen molar-refractivity contribution in [2.45, 2.75) is 53.4 Å². The van der Waals surface area contributed by atoms with E-state index in [-0.39, 0.29) is 0 Å². The highest BCUT2D eigenvalue weighted by molar-refractivity contribution is 8.17. The van der Waals surface area contributed by atoms with Crippen LogP contribution in [0.5, 0.6) is 0 Å². The molecule has 0 N–H and O–H groups in total. The lowest BCUT2D eigenvalue weighted by molar-refractivity contribution is 0.456. The summed E-state index contributed by atoms with van der Waals surface area (Å²) in [5, 5.41) is 0. The van der Waals surface area contributed by atoms with Crippen molar-refractivity contribution in [2.75, 3.05) is 0 Å². The van der Waals surface area contributed by atoms with Gasteiger partial charge in [-0.15, -0.1) is 23.5 Å². The van der Waals surface area contributed by atoms with Gasteiger partial charge in [-0.3, -0.25) is 0 Å². The van der Waals surface area contributed by atoms with E-state index in [1.165, 1.54) is 47.5 Å². The Labute approximate surface area is 191 Å². The quantitative estimate of drug-likeness (QED) is 0.159. The minimum atomic E-state index is 0.516. The predicted octanol–water partition coefficient (Wildman–Crippen LogP) is 8.89. The van der Waals surface area contributed by atoms with Crippen molar-refractivity contribution in [3.05, 3.63) is 109 Å². The van der Waals surface area contributed by atoms with E-state index < -0.39 is 0 Å². The van der Waals surface area contributed by atoms with E-state index in [2.05, 4.69) is 110 Å². The van der Waals surface area contributed by atoms with Crippen LogP contribution in [-0.4, -0.2) is 4.58 Å². The number of thioether (sulfide) groups is 2. The van der Waals surface area contributed by atoms with Crippen LogP contribution in [0.2, 0.25) is 0 Å². The summed E-state index contributed by atoms with van der Waals surface area (Å²) in [6, 6.07) is 32.6. The average Bonchev–Trinajstić information content (AvgIpc) is 2.79. The van der Waals surface area contributed by atoms with Crippen LogP contribution in [0.1, 0.15) is 38.2 Å². The van der Waals surface area contributed by atoms with Crippen molar-refractivity contribution in [1.29, 1.82) is 0 Å². The van der Waals surface area contributed by atoms with Crippen molar-refractivity contribution in [1.82, 2.24) is 0 Å². The molecule has 0 spiro atoms. The molecule has 0 nitrogen and oxygen atoms in total. The van der Waals surface area contributed by atoms with Gasteiger partial charge in [0.2, 0.25) is 0 Å². The molecule has 0 bridgehead atoms. The fraction of sp³-hybridized carbons (Fsp3) is 0.286. The monoisotopic (exact) mass is 432 g/mol. The molecule has 0 aliphatic carbocycles. The Morgan fingerprint density at radius 1 is 0.733 bits per heavy atom. The highest BCUT2D eigenvalue weighted by atomic mass is 32.2. The molecule has 0 saturated carbocycles. The number of benzene rings is 3. The van der Waals surface area contributed by atoms with E-state index in [4.69, 9.17) is 0 Å². The normalized spacial score (nSPS) is 12.5. The molecule has 0 fully saturated rings. The van der Waals surface area contributed by atoms with Gasteiger partial charge in [-0.25, -0.2) is 0 Å². The van der Waals surface area contributed by atoms with Crippen LogP contribution in [0.15, 0.2) is 113 Å². The summed E-state index contributed by atoms with van der Waals surface area (Å²) in [4.78, 5) is 2.72. The Hall–Kier alpha value is -1.90. The molecule has 0 heterocycles. The topological polar surface area (TPSA) is 0 Å². The molecule has 2 heteroatoms. The summed E-state index contributed by atoms with van der Waals surface area (Å²) in [6.45, 7) is 2.13. The summed E-state index contributed by atoms with van der Waals surface area (Å²) in [6.07, 6.45) is 10.7. The molecule has 1 unspecified atom stereocenters. The number of aryl methyl sites for hydroxylation is 1. The van der Waals surface area contributed by atoms with Gasteiger partial charge in [-0.1, -0.05) is 78.9 Å². The smallest absolute Gasteiger partial charge is 0.0599 e. The number of allylic oxidation sites excluding steroid dienone is 2. The first-order chi connectivity index (χ1) is 14.8. The zero-order valence-electron chi connectivity index (χ0n) is 17.8. The van der Waals surface area contributed by atoms with Gasteiger partial charge in [0.1, 0.15) is 0 Å². The minimum Gasteiger partial charge on any atom is -0.111 e.